The van der Waals surface area contributed by atoms with Gasteiger partial charge in [-0.2, -0.15) is 4.98 Å². The Labute approximate surface area is 117 Å². The van der Waals surface area contributed by atoms with Crippen molar-refractivity contribution < 1.29 is 14.2 Å². The van der Waals surface area contributed by atoms with E-state index < -0.39 is 0 Å². The maximum atomic E-state index is 5.82. The van der Waals surface area contributed by atoms with Gasteiger partial charge in [0, 0.05) is 30.5 Å². The van der Waals surface area contributed by atoms with Gasteiger partial charge < -0.3 is 14.2 Å². The molecule has 1 aromatic carbocycles. The molecule has 2 aromatic rings. The molecule has 0 spiro atoms. The Morgan fingerprint density at radius 1 is 1.30 bits per heavy atom. The van der Waals surface area contributed by atoms with Gasteiger partial charge >= 0.3 is 6.01 Å². The number of nitrogens with zero attached hydrogens (tertiary/aromatic N) is 2. The first-order valence-corrected chi connectivity index (χ1v) is 6.99. The third-order valence-electron chi connectivity index (χ3n) is 3.28. The summed E-state index contributed by atoms with van der Waals surface area (Å²) in [6, 6.07) is 6.22. The van der Waals surface area contributed by atoms with Crippen LogP contribution >= 0.6 is 0 Å². The quantitative estimate of drug-likeness (QED) is 0.857. The van der Waals surface area contributed by atoms with Crippen LogP contribution in [0.5, 0.6) is 11.8 Å². The SMILES string of the molecule is CCOc1ccc2cnc(OC3CCOCC3)nc2c1. The predicted molar refractivity (Wildman–Crippen MR) is 75.2 cm³/mol. The molecule has 1 aromatic heterocycles. The summed E-state index contributed by atoms with van der Waals surface area (Å²) in [5, 5.41) is 0.979. The zero-order valence-corrected chi connectivity index (χ0v) is 11.5. The summed E-state index contributed by atoms with van der Waals surface area (Å²) in [6.45, 7) is 4.09. The molecule has 0 saturated carbocycles. The summed E-state index contributed by atoms with van der Waals surface area (Å²) in [5.74, 6) is 0.815. The van der Waals surface area contributed by atoms with Crippen molar-refractivity contribution in [2.75, 3.05) is 19.8 Å². The van der Waals surface area contributed by atoms with Crippen molar-refractivity contribution in [2.45, 2.75) is 25.9 Å². The van der Waals surface area contributed by atoms with Crippen LogP contribution in [0.3, 0.4) is 0 Å². The highest BCUT2D eigenvalue weighted by atomic mass is 16.5. The minimum Gasteiger partial charge on any atom is -0.494 e. The molecule has 0 atom stereocenters. The van der Waals surface area contributed by atoms with Gasteiger partial charge in [0.25, 0.3) is 0 Å². The molecule has 0 bridgehead atoms. The van der Waals surface area contributed by atoms with Crippen LogP contribution in [0.15, 0.2) is 24.4 Å². The van der Waals surface area contributed by atoms with E-state index in [-0.39, 0.29) is 6.10 Å². The molecule has 0 N–H and O–H groups in total. The van der Waals surface area contributed by atoms with E-state index in [2.05, 4.69) is 9.97 Å². The number of aromatic nitrogens is 2. The molecule has 1 saturated heterocycles. The monoisotopic (exact) mass is 274 g/mol. The van der Waals surface area contributed by atoms with Crippen LogP contribution in [0.4, 0.5) is 0 Å². The van der Waals surface area contributed by atoms with Crippen molar-refractivity contribution in [3.63, 3.8) is 0 Å². The van der Waals surface area contributed by atoms with E-state index in [0.29, 0.717) is 12.6 Å². The molecule has 106 valence electrons. The van der Waals surface area contributed by atoms with Gasteiger partial charge in [-0.1, -0.05) is 0 Å². The number of hydrogen-bond acceptors (Lipinski definition) is 5. The van der Waals surface area contributed by atoms with Crippen molar-refractivity contribution in [1.82, 2.24) is 9.97 Å². The minimum absolute atomic E-state index is 0.149. The van der Waals surface area contributed by atoms with E-state index in [0.717, 1.165) is 42.7 Å². The van der Waals surface area contributed by atoms with Crippen molar-refractivity contribution in [3.05, 3.63) is 24.4 Å². The number of ether oxygens (including phenoxy) is 3. The fourth-order valence-electron chi connectivity index (χ4n) is 2.24. The topological polar surface area (TPSA) is 53.5 Å². The second-order valence-electron chi connectivity index (χ2n) is 4.74. The highest BCUT2D eigenvalue weighted by Gasteiger charge is 2.16. The Hall–Kier alpha value is -1.88. The summed E-state index contributed by atoms with van der Waals surface area (Å²) < 4.78 is 16.6. The Bertz CT molecular complexity index is 582. The molecular weight excluding hydrogens is 256 g/mol. The normalized spacial score (nSPS) is 16.2. The lowest BCUT2D eigenvalue weighted by atomic mass is 10.2. The lowest BCUT2D eigenvalue weighted by Gasteiger charge is -2.22. The smallest absolute Gasteiger partial charge is 0.317 e. The maximum Gasteiger partial charge on any atom is 0.317 e. The lowest BCUT2D eigenvalue weighted by molar-refractivity contribution is 0.0218. The molecule has 0 amide bonds. The molecule has 2 heterocycles. The Morgan fingerprint density at radius 3 is 2.95 bits per heavy atom. The van der Waals surface area contributed by atoms with Crippen LogP contribution in [-0.4, -0.2) is 35.9 Å². The fraction of sp³-hybridized carbons (Fsp3) is 0.467. The average molecular weight is 274 g/mol. The van der Waals surface area contributed by atoms with Crippen LogP contribution in [-0.2, 0) is 4.74 Å². The number of fused-ring (bicyclic) bond motifs is 1. The summed E-state index contributed by atoms with van der Waals surface area (Å²) in [7, 11) is 0. The second kappa shape index (κ2) is 6.05. The highest BCUT2D eigenvalue weighted by Crippen LogP contribution is 2.21. The summed E-state index contributed by atoms with van der Waals surface area (Å²) in [6.07, 6.45) is 3.71. The van der Waals surface area contributed by atoms with Crippen molar-refractivity contribution >= 4 is 10.9 Å². The Kier molecular flexibility index (Phi) is 3.97. The van der Waals surface area contributed by atoms with Gasteiger partial charge in [-0.25, -0.2) is 4.98 Å². The van der Waals surface area contributed by atoms with Crippen molar-refractivity contribution in [2.24, 2.45) is 0 Å². The number of rotatable bonds is 4. The average Bonchev–Trinajstić information content (AvgIpc) is 2.48. The van der Waals surface area contributed by atoms with Crippen LogP contribution in [0.2, 0.25) is 0 Å². The molecule has 0 unspecified atom stereocenters. The zero-order chi connectivity index (χ0) is 13.8. The van der Waals surface area contributed by atoms with Gasteiger partial charge in [0.2, 0.25) is 0 Å². The minimum atomic E-state index is 0.149. The molecule has 0 aliphatic carbocycles. The number of hydrogen-bond donors (Lipinski definition) is 0. The first kappa shape index (κ1) is 13.1. The Morgan fingerprint density at radius 2 is 2.15 bits per heavy atom. The van der Waals surface area contributed by atoms with Crippen LogP contribution < -0.4 is 9.47 Å². The Balaban J connectivity index is 1.80. The van der Waals surface area contributed by atoms with Gasteiger partial charge in [-0.05, 0) is 19.1 Å². The first-order valence-electron chi connectivity index (χ1n) is 6.99. The van der Waals surface area contributed by atoms with E-state index in [9.17, 15) is 0 Å². The molecule has 20 heavy (non-hydrogen) atoms. The lowest BCUT2D eigenvalue weighted by Crippen LogP contribution is -2.26. The zero-order valence-electron chi connectivity index (χ0n) is 11.5. The summed E-state index contributed by atoms with van der Waals surface area (Å²) in [4.78, 5) is 8.72. The van der Waals surface area contributed by atoms with Crippen LogP contribution in [0, 0.1) is 0 Å². The van der Waals surface area contributed by atoms with Crippen LogP contribution in [0.25, 0.3) is 10.9 Å². The molecule has 1 fully saturated rings. The summed E-state index contributed by atoms with van der Waals surface area (Å²) in [5.41, 5.74) is 0.841. The van der Waals surface area contributed by atoms with E-state index in [1.807, 2.05) is 25.1 Å². The highest BCUT2D eigenvalue weighted by molar-refractivity contribution is 5.79. The van der Waals surface area contributed by atoms with Crippen LogP contribution in [0.1, 0.15) is 19.8 Å². The molecule has 5 heteroatoms. The van der Waals surface area contributed by atoms with Gasteiger partial charge in [0.15, 0.2) is 0 Å². The first-order chi connectivity index (χ1) is 9.85. The molecule has 0 radical (unpaired) electrons. The standard InChI is InChI=1S/C15H18N2O3/c1-2-19-13-4-3-11-10-16-15(17-14(11)9-13)20-12-5-7-18-8-6-12/h3-4,9-10,12H,2,5-8H2,1H3. The van der Waals surface area contributed by atoms with Crippen molar-refractivity contribution in [3.8, 4) is 11.8 Å². The predicted octanol–water partition coefficient (Wildman–Crippen LogP) is 2.59. The maximum absolute atomic E-state index is 5.82. The number of benzene rings is 1. The van der Waals surface area contributed by atoms with Gasteiger partial charge in [-0.15, -0.1) is 0 Å². The van der Waals surface area contributed by atoms with E-state index in [1.165, 1.54) is 0 Å². The van der Waals surface area contributed by atoms with Gasteiger partial charge in [0.1, 0.15) is 11.9 Å². The second-order valence-corrected chi connectivity index (χ2v) is 4.74. The molecular formula is C15H18N2O3. The third-order valence-corrected chi connectivity index (χ3v) is 3.28. The molecule has 1 aliphatic heterocycles. The van der Waals surface area contributed by atoms with Gasteiger partial charge in [-0.3, -0.25) is 0 Å². The molecule has 1 aliphatic rings. The molecule has 3 rings (SSSR count). The van der Waals surface area contributed by atoms with E-state index >= 15 is 0 Å². The van der Waals surface area contributed by atoms with Gasteiger partial charge in [0.05, 0.1) is 25.3 Å². The third kappa shape index (κ3) is 2.99. The van der Waals surface area contributed by atoms with Crippen molar-refractivity contribution in [1.29, 1.82) is 0 Å². The van der Waals surface area contributed by atoms with E-state index in [1.54, 1.807) is 6.20 Å². The summed E-state index contributed by atoms with van der Waals surface area (Å²) >= 11 is 0. The largest absolute Gasteiger partial charge is 0.494 e. The van der Waals surface area contributed by atoms with E-state index in [4.69, 9.17) is 14.2 Å². The molecule has 5 nitrogen and oxygen atoms in total. The fourth-order valence-corrected chi connectivity index (χ4v) is 2.24.